The van der Waals surface area contributed by atoms with Crippen LogP contribution in [0.3, 0.4) is 0 Å². The minimum atomic E-state index is -1.52. The number of carbonyl (C=O) groups excluding carboxylic acids is 1. The van der Waals surface area contributed by atoms with Gasteiger partial charge in [0.25, 0.3) is 11.5 Å². The standard InChI is InChI=1S/C11H16N6O5.C5H6N2O2/c1-13-11-8(15-10(12)16-9(11)21)17(3-14-11)7-6(20)5(19)4(2-18)22-7;1-7-4(8)2-3-6-5(7)9/h3-7,13,18-20H,2H2,1H3,(H2,12,16,21);2-3H,1H3,(H,6,9)/t4-,5-,6-,7-,11?;/m1./s1. The number of carbonyl (C=O) groups is 1. The number of aliphatic imine (C=N–C) groups is 2. The summed E-state index contributed by atoms with van der Waals surface area (Å²) in [5.74, 6) is -0.901. The average Bonchev–Trinajstić information content (AvgIpc) is 3.25. The molecule has 0 radical (unpaired) electrons. The number of likely N-dealkylation sites (N-methyl/N-ethyl adjacent to an activating group) is 1. The maximum absolute atomic E-state index is 12.1. The summed E-state index contributed by atoms with van der Waals surface area (Å²) < 4.78 is 6.40. The number of aromatic amines is 1. The van der Waals surface area contributed by atoms with Crippen LogP contribution < -0.4 is 21.9 Å². The van der Waals surface area contributed by atoms with Crippen LogP contribution in [0.15, 0.2) is 31.8 Å². The smallest absolute Gasteiger partial charge is 0.328 e. The number of aromatic nitrogens is 2. The van der Waals surface area contributed by atoms with E-state index < -0.39 is 42.7 Å². The van der Waals surface area contributed by atoms with E-state index in [1.54, 1.807) is 0 Å². The van der Waals surface area contributed by atoms with E-state index in [0.717, 1.165) is 4.57 Å². The number of H-pyrrole nitrogens is 1. The summed E-state index contributed by atoms with van der Waals surface area (Å²) in [6.45, 7) is -0.473. The molecule has 1 aromatic heterocycles. The Morgan fingerprint density at radius 3 is 2.58 bits per heavy atom. The molecule has 4 heterocycles. The Bertz CT molecular complexity index is 1020. The van der Waals surface area contributed by atoms with Crippen LogP contribution in [0.5, 0.6) is 0 Å². The van der Waals surface area contributed by atoms with E-state index in [4.69, 9.17) is 15.3 Å². The number of nitrogens with one attached hydrogen (secondary N) is 4. The highest BCUT2D eigenvalue weighted by Crippen LogP contribution is 2.30. The van der Waals surface area contributed by atoms with Crippen molar-refractivity contribution in [1.29, 1.82) is 5.41 Å². The minimum absolute atomic E-state index is 0.0542. The summed E-state index contributed by atoms with van der Waals surface area (Å²) in [7, 11) is 2.92. The third kappa shape index (κ3) is 3.79. The quantitative estimate of drug-likeness (QED) is 0.240. The SMILES string of the molecule is CNC12N=CN([C@@H]3O[C@H](CO)[C@@H](O)[C@H]3O)C1=NC(=N)NC2=O.Cn1c(=O)cc[nH]c1=O. The fourth-order valence-corrected chi connectivity index (χ4v) is 3.16. The van der Waals surface area contributed by atoms with Gasteiger partial charge in [0, 0.05) is 19.3 Å². The van der Waals surface area contributed by atoms with Crippen molar-refractivity contribution in [3.8, 4) is 0 Å². The molecule has 31 heavy (non-hydrogen) atoms. The Balaban J connectivity index is 0.000000254. The minimum Gasteiger partial charge on any atom is -0.394 e. The number of fused-ring (bicyclic) bond motifs is 1. The molecule has 15 nitrogen and oxygen atoms in total. The zero-order valence-electron chi connectivity index (χ0n) is 16.5. The molecule has 3 aliphatic heterocycles. The number of aliphatic hydroxyl groups is 3. The molecule has 0 bridgehead atoms. The van der Waals surface area contributed by atoms with E-state index in [2.05, 4.69) is 25.6 Å². The Morgan fingerprint density at radius 1 is 1.32 bits per heavy atom. The molecule has 1 aromatic rings. The zero-order valence-corrected chi connectivity index (χ0v) is 16.5. The van der Waals surface area contributed by atoms with Gasteiger partial charge in [-0.05, 0) is 7.05 Å². The Morgan fingerprint density at radius 2 is 2.03 bits per heavy atom. The predicted octanol–water partition coefficient (Wildman–Crippen LogP) is -4.78. The normalized spacial score (nSPS) is 31.6. The van der Waals surface area contributed by atoms with Crippen LogP contribution in [0.1, 0.15) is 0 Å². The number of hydrogen-bond acceptors (Lipinski definition) is 11. The van der Waals surface area contributed by atoms with E-state index in [1.807, 2.05) is 0 Å². The van der Waals surface area contributed by atoms with E-state index in [1.165, 1.54) is 37.6 Å². The van der Waals surface area contributed by atoms with Crippen molar-refractivity contribution in [2.75, 3.05) is 13.7 Å². The van der Waals surface area contributed by atoms with Gasteiger partial charge < -0.3 is 25.0 Å². The third-order valence-corrected chi connectivity index (χ3v) is 4.94. The monoisotopic (exact) mass is 438 g/mol. The lowest BCUT2D eigenvalue weighted by Crippen LogP contribution is -2.65. The fraction of sp³-hybridized carbons (Fsp3) is 0.500. The number of amidine groups is 1. The van der Waals surface area contributed by atoms with Crippen LogP contribution in [0.25, 0.3) is 0 Å². The van der Waals surface area contributed by atoms with E-state index >= 15 is 0 Å². The Labute approximate surface area is 174 Å². The van der Waals surface area contributed by atoms with Crippen molar-refractivity contribution in [1.82, 2.24) is 25.1 Å². The number of nitrogens with zero attached hydrogens (tertiary/aromatic N) is 4. The molecule has 3 aliphatic rings. The first-order chi connectivity index (χ1) is 14.7. The van der Waals surface area contributed by atoms with Crippen molar-refractivity contribution < 1.29 is 24.9 Å². The molecule has 1 fully saturated rings. The van der Waals surface area contributed by atoms with Crippen LogP contribution in [-0.2, 0) is 16.6 Å². The molecule has 15 heteroatoms. The Kier molecular flexibility index (Phi) is 6.14. The topological polar surface area (TPSA) is 218 Å². The second-order valence-electron chi connectivity index (χ2n) is 6.76. The van der Waals surface area contributed by atoms with Gasteiger partial charge in [-0.3, -0.25) is 35.1 Å². The first kappa shape index (κ1) is 22.4. The molecule has 0 aromatic carbocycles. The van der Waals surface area contributed by atoms with Crippen molar-refractivity contribution in [2.24, 2.45) is 17.0 Å². The highest BCUT2D eigenvalue weighted by atomic mass is 16.6. The average molecular weight is 438 g/mol. The summed E-state index contributed by atoms with van der Waals surface area (Å²) in [5.41, 5.74) is -2.20. The van der Waals surface area contributed by atoms with Gasteiger partial charge in [0.15, 0.2) is 12.1 Å². The fourth-order valence-electron chi connectivity index (χ4n) is 3.16. The lowest BCUT2D eigenvalue weighted by molar-refractivity contribution is -0.123. The highest BCUT2D eigenvalue weighted by molar-refractivity contribution is 6.26. The molecule has 0 saturated carbocycles. The van der Waals surface area contributed by atoms with Crippen LogP contribution in [-0.4, -0.2) is 97.7 Å². The second-order valence-corrected chi connectivity index (χ2v) is 6.76. The summed E-state index contributed by atoms with van der Waals surface area (Å²) >= 11 is 0. The number of hydrogen-bond donors (Lipinski definition) is 7. The van der Waals surface area contributed by atoms with Gasteiger partial charge in [-0.2, -0.15) is 4.99 Å². The first-order valence-electron chi connectivity index (χ1n) is 9.05. The van der Waals surface area contributed by atoms with Gasteiger partial charge in [-0.1, -0.05) is 0 Å². The largest absolute Gasteiger partial charge is 0.394 e. The van der Waals surface area contributed by atoms with Crippen LogP contribution >= 0.6 is 0 Å². The molecule has 7 N–H and O–H groups in total. The molecule has 4 rings (SSSR count). The lowest BCUT2D eigenvalue weighted by Gasteiger charge is -2.33. The van der Waals surface area contributed by atoms with Gasteiger partial charge >= 0.3 is 5.69 Å². The predicted molar refractivity (Wildman–Crippen MR) is 105 cm³/mol. The molecule has 0 aliphatic carbocycles. The number of amides is 1. The highest BCUT2D eigenvalue weighted by Gasteiger charge is 2.56. The number of rotatable bonds is 3. The molecular formula is C16H22N8O7. The number of aliphatic hydroxyl groups excluding tert-OH is 3. The summed E-state index contributed by atoms with van der Waals surface area (Å²) in [6, 6.07) is 1.29. The molecule has 5 atom stereocenters. The van der Waals surface area contributed by atoms with Gasteiger partial charge in [0.2, 0.25) is 11.6 Å². The van der Waals surface area contributed by atoms with Crippen molar-refractivity contribution in [3.63, 3.8) is 0 Å². The van der Waals surface area contributed by atoms with Gasteiger partial charge in [-0.15, -0.1) is 0 Å². The molecule has 0 spiro atoms. The maximum atomic E-state index is 12.1. The van der Waals surface area contributed by atoms with Gasteiger partial charge in [0.1, 0.15) is 18.3 Å². The number of ether oxygens (including phenoxy) is 1. The summed E-state index contributed by atoms with van der Waals surface area (Å²) in [5, 5.41) is 41.6. The summed E-state index contributed by atoms with van der Waals surface area (Å²) in [4.78, 5) is 44.9. The third-order valence-electron chi connectivity index (χ3n) is 4.94. The van der Waals surface area contributed by atoms with Crippen LogP contribution in [0.4, 0.5) is 0 Å². The number of guanidine groups is 1. The lowest BCUT2D eigenvalue weighted by atomic mass is 10.1. The molecule has 168 valence electrons. The van der Waals surface area contributed by atoms with E-state index in [9.17, 15) is 24.6 Å². The molecule has 1 saturated heterocycles. The van der Waals surface area contributed by atoms with Crippen molar-refractivity contribution >= 4 is 24.0 Å². The molecule has 1 unspecified atom stereocenters. The maximum Gasteiger partial charge on any atom is 0.328 e. The van der Waals surface area contributed by atoms with Gasteiger partial charge in [0.05, 0.1) is 12.9 Å². The van der Waals surface area contributed by atoms with E-state index in [-0.39, 0.29) is 23.0 Å². The van der Waals surface area contributed by atoms with E-state index in [0.29, 0.717) is 0 Å². The molecule has 1 amide bonds. The molecular weight excluding hydrogens is 416 g/mol. The van der Waals surface area contributed by atoms with Crippen LogP contribution in [0, 0.1) is 5.41 Å². The van der Waals surface area contributed by atoms with Crippen molar-refractivity contribution in [3.05, 3.63) is 33.1 Å². The van der Waals surface area contributed by atoms with Crippen LogP contribution in [0.2, 0.25) is 0 Å². The van der Waals surface area contributed by atoms with Crippen molar-refractivity contribution in [2.45, 2.75) is 30.2 Å². The zero-order chi connectivity index (χ0) is 22.9. The summed E-state index contributed by atoms with van der Waals surface area (Å²) in [6.07, 6.45) is -2.10. The first-order valence-corrected chi connectivity index (χ1v) is 9.05. The van der Waals surface area contributed by atoms with Gasteiger partial charge in [-0.25, -0.2) is 9.79 Å². The second kappa shape index (κ2) is 8.48. The Hall–Kier alpha value is -3.24.